The van der Waals surface area contributed by atoms with Crippen molar-refractivity contribution in [3.8, 4) is 0 Å². The second-order valence-corrected chi connectivity index (χ2v) is 5.99. The van der Waals surface area contributed by atoms with Gasteiger partial charge in [0, 0.05) is 32.0 Å². The van der Waals surface area contributed by atoms with Crippen LogP contribution in [-0.4, -0.2) is 54.0 Å². The van der Waals surface area contributed by atoms with Gasteiger partial charge in [-0.2, -0.15) is 5.53 Å². The predicted octanol–water partition coefficient (Wildman–Crippen LogP) is 0.736. The number of hydrogen-bond donors (Lipinski definition) is 2. The van der Waals surface area contributed by atoms with E-state index >= 15 is 0 Å². The molecule has 2 saturated heterocycles. The molecule has 0 aromatic carbocycles. The van der Waals surface area contributed by atoms with Crippen molar-refractivity contribution in [2.24, 2.45) is 5.92 Å². The molecule has 3 fully saturated rings. The van der Waals surface area contributed by atoms with Crippen molar-refractivity contribution in [2.45, 2.75) is 50.6 Å². The van der Waals surface area contributed by atoms with Crippen LogP contribution in [0.1, 0.15) is 32.1 Å². The second-order valence-electron chi connectivity index (χ2n) is 5.99. The van der Waals surface area contributed by atoms with E-state index in [9.17, 15) is 13.6 Å². The summed E-state index contributed by atoms with van der Waals surface area (Å²) in [6.45, 7) is 1.67. The van der Waals surface area contributed by atoms with Gasteiger partial charge in [0.25, 0.3) is 0 Å². The van der Waals surface area contributed by atoms with Crippen LogP contribution in [0.2, 0.25) is 0 Å². The molecular formula is C13H22F2N4O. The highest BCUT2D eigenvalue weighted by Crippen LogP contribution is 2.30. The number of carbonyl (C=O) groups is 1. The zero-order valence-electron chi connectivity index (χ0n) is 11.5. The average molecular weight is 288 g/mol. The highest BCUT2D eigenvalue weighted by Gasteiger charge is 2.38. The van der Waals surface area contributed by atoms with Crippen LogP contribution in [-0.2, 0) is 4.79 Å². The lowest BCUT2D eigenvalue weighted by atomic mass is 9.85. The van der Waals surface area contributed by atoms with Gasteiger partial charge < -0.3 is 4.90 Å². The largest absolute Gasteiger partial charge is 0.325 e. The minimum Gasteiger partial charge on any atom is -0.325 e. The third kappa shape index (κ3) is 2.80. The highest BCUT2D eigenvalue weighted by molar-refractivity contribution is 5.78. The summed E-state index contributed by atoms with van der Waals surface area (Å²) in [5.74, 6) is -0.415. The van der Waals surface area contributed by atoms with E-state index in [0.29, 0.717) is 38.8 Å². The van der Waals surface area contributed by atoms with Gasteiger partial charge in [-0.25, -0.2) is 19.2 Å². The maximum absolute atomic E-state index is 13.8. The Hall–Kier alpha value is -0.790. The Bertz CT molecular complexity index is 360. The summed E-state index contributed by atoms with van der Waals surface area (Å²) in [5, 5.41) is 1.80. The van der Waals surface area contributed by atoms with Crippen molar-refractivity contribution in [1.29, 1.82) is 0 Å². The Morgan fingerprint density at radius 1 is 1.20 bits per heavy atom. The molecule has 0 aromatic rings. The van der Waals surface area contributed by atoms with Crippen LogP contribution in [0.15, 0.2) is 0 Å². The monoisotopic (exact) mass is 288 g/mol. The number of nitrogens with one attached hydrogen (secondary N) is 2. The average Bonchev–Trinajstić information content (AvgIpc) is 3.02. The Morgan fingerprint density at radius 2 is 1.95 bits per heavy atom. The van der Waals surface area contributed by atoms with Gasteiger partial charge in [0.2, 0.25) is 5.91 Å². The molecule has 114 valence electrons. The molecule has 3 atom stereocenters. The van der Waals surface area contributed by atoms with Crippen LogP contribution >= 0.6 is 0 Å². The Balaban J connectivity index is 1.53. The molecule has 3 rings (SSSR count). The van der Waals surface area contributed by atoms with Crippen molar-refractivity contribution in [2.75, 3.05) is 19.6 Å². The first-order chi connectivity index (χ1) is 9.65. The molecule has 2 N–H and O–H groups in total. The summed E-state index contributed by atoms with van der Waals surface area (Å²) in [4.78, 5) is 13.5. The summed E-state index contributed by atoms with van der Waals surface area (Å²) in [5.41, 5.74) is 5.98. The molecule has 1 amide bonds. The minimum atomic E-state index is -1.06. The van der Waals surface area contributed by atoms with Gasteiger partial charge in [-0.05, 0) is 25.7 Å². The fraction of sp³-hybridized carbons (Fsp3) is 0.923. The number of rotatable bonds is 3. The molecule has 0 radical (unpaired) electrons. The van der Waals surface area contributed by atoms with Crippen LogP contribution in [0.3, 0.4) is 0 Å². The number of hydrogen-bond acceptors (Lipinski definition) is 4. The zero-order chi connectivity index (χ0) is 14.1. The molecule has 1 aliphatic carbocycles. The molecule has 1 saturated carbocycles. The Labute approximate surface area is 117 Å². The van der Waals surface area contributed by atoms with Crippen molar-refractivity contribution in [1.82, 2.24) is 20.9 Å². The highest BCUT2D eigenvalue weighted by atomic mass is 19.1. The zero-order valence-corrected chi connectivity index (χ0v) is 11.5. The van der Waals surface area contributed by atoms with Crippen molar-refractivity contribution in [3.63, 3.8) is 0 Å². The normalized spacial score (nSPS) is 39.7. The number of halogens is 2. The minimum absolute atomic E-state index is 0.0929. The summed E-state index contributed by atoms with van der Waals surface area (Å²) in [6, 6.07) is 0. The number of carbonyl (C=O) groups excluding carboxylic acids is 1. The van der Waals surface area contributed by atoms with Gasteiger partial charge in [-0.3, -0.25) is 4.79 Å². The predicted molar refractivity (Wildman–Crippen MR) is 69.7 cm³/mol. The molecule has 2 aliphatic heterocycles. The third-order valence-electron chi connectivity index (χ3n) is 4.59. The van der Waals surface area contributed by atoms with E-state index in [1.807, 2.05) is 0 Å². The number of alkyl halides is 2. The molecule has 7 heteroatoms. The molecule has 0 bridgehead atoms. The fourth-order valence-corrected chi connectivity index (χ4v) is 3.41. The van der Waals surface area contributed by atoms with Crippen LogP contribution in [0.25, 0.3) is 0 Å². The molecule has 0 spiro atoms. The van der Waals surface area contributed by atoms with E-state index in [-0.39, 0.29) is 12.1 Å². The van der Waals surface area contributed by atoms with E-state index in [4.69, 9.17) is 0 Å². The van der Waals surface area contributed by atoms with Crippen molar-refractivity contribution in [3.05, 3.63) is 0 Å². The first-order valence-corrected chi connectivity index (χ1v) is 7.49. The standard InChI is InChI=1S/C13H22F2N4O/c14-10-3-1-4-11(15)9(10)7-18-8-12(16-17-18)19-6-2-5-13(19)20/h9-12,16-17H,1-8H2. The number of likely N-dealkylation sites (tertiary alicyclic amines) is 1. The summed E-state index contributed by atoms with van der Waals surface area (Å²) >= 11 is 0. The van der Waals surface area contributed by atoms with Crippen molar-refractivity contribution < 1.29 is 13.6 Å². The number of hydrazine groups is 2. The molecule has 20 heavy (non-hydrogen) atoms. The lowest BCUT2D eigenvalue weighted by molar-refractivity contribution is -0.129. The van der Waals surface area contributed by atoms with Gasteiger partial charge >= 0.3 is 0 Å². The van der Waals surface area contributed by atoms with Crippen LogP contribution in [0.4, 0.5) is 8.78 Å². The van der Waals surface area contributed by atoms with E-state index < -0.39 is 18.3 Å². The fourth-order valence-electron chi connectivity index (χ4n) is 3.41. The third-order valence-corrected chi connectivity index (χ3v) is 4.59. The van der Waals surface area contributed by atoms with E-state index in [2.05, 4.69) is 11.0 Å². The summed E-state index contributed by atoms with van der Waals surface area (Å²) < 4.78 is 27.7. The van der Waals surface area contributed by atoms with Crippen LogP contribution < -0.4 is 11.0 Å². The number of nitrogens with zero attached hydrogens (tertiary/aromatic N) is 2. The summed E-state index contributed by atoms with van der Waals surface area (Å²) in [7, 11) is 0. The first-order valence-electron chi connectivity index (χ1n) is 7.49. The van der Waals surface area contributed by atoms with Gasteiger partial charge in [0.05, 0.1) is 0 Å². The second kappa shape index (κ2) is 5.91. The molecular weight excluding hydrogens is 266 g/mol. The lowest BCUT2D eigenvalue weighted by Crippen LogP contribution is -2.46. The van der Waals surface area contributed by atoms with E-state index in [1.165, 1.54) is 0 Å². The molecule has 5 nitrogen and oxygen atoms in total. The summed E-state index contributed by atoms with van der Waals surface area (Å²) in [6.07, 6.45) is 0.820. The smallest absolute Gasteiger partial charge is 0.223 e. The molecule has 0 aromatic heterocycles. The Morgan fingerprint density at radius 3 is 2.60 bits per heavy atom. The Kier molecular flexibility index (Phi) is 4.18. The quantitative estimate of drug-likeness (QED) is 0.804. The van der Waals surface area contributed by atoms with Gasteiger partial charge in [-0.1, -0.05) is 0 Å². The first kappa shape index (κ1) is 14.2. The maximum Gasteiger partial charge on any atom is 0.223 e. The van der Waals surface area contributed by atoms with Gasteiger partial charge in [0.1, 0.15) is 18.5 Å². The van der Waals surface area contributed by atoms with Gasteiger partial charge in [0.15, 0.2) is 0 Å². The van der Waals surface area contributed by atoms with Crippen LogP contribution in [0, 0.1) is 5.92 Å². The van der Waals surface area contributed by atoms with Crippen LogP contribution in [0.5, 0.6) is 0 Å². The lowest BCUT2D eigenvalue weighted by Gasteiger charge is -2.32. The van der Waals surface area contributed by atoms with E-state index in [0.717, 1.165) is 13.0 Å². The number of amides is 1. The maximum atomic E-state index is 13.8. The van der Waals surface area contributed by atoms with E-state index in [1.54, 1.807) is 9.91 Å². The molecule has 3 aliphatic rings. The SMILES string of the molecule is O=C1CCCN1C1CN(CC2C(F)CCCC2F)NN1. The van der Waals surface area contributed by atoms with Gasteiger partial charge in [-0.15, -0.1) is 0 Å². The van der Waals surface area contributed by atoms with Crippen molar-refractivity contribution >= 4 is 5.91 Å². The molecule has 2 heterocycles. The topological polar surface area (TPSA) is 47.6 Å². The molecule has 3 unspecified atom stereocenters.